The molecule has 0 fully saturated rings. The highest BCUT2D eigenvalue weighted by atomic mass is 32.2. The number of rotatable bonds is 4. The number of aryl methyl sites for hydroxylation is 1. The first-order valence-corrected chi connectivity index (χ1v) is 7.10. The van der Waals surface area contributed by atoms with Gasteiger partial charge in [0.2, 0.25) is 5.16 Å². The van der Waals surface area contributed by atoms with E-state index in [-0.39, 0.29) is 0 Å². The second-order valence-corrected chi connectivity index (χ2v) is 5.21. The molecule has 0 atom stereocenters. The van der Waals surface area contributed by atoms with Crippen molar-refractivity contribution in [2.45, 2.75) is 10.2 Å². The van der Waals surface area contributed by atoms with E-state index >= 15 is 0 Å². The Labute approximate surface area is 125 Å². The number of benzene rings is 1. The molecule has 0 aliphatic rings. The van der Waals surface area contributed by atoms with E-state index in [1.165, 1.54) is 11.8 Å². The Morgan fingerprint density at radius 1 is 1.14 bits per heavy atom. The number of hydrogen-bond donors (Lipinski definition) is 1. The lowest BCUT2D eigenvalue weighted by Crippen LogP contribution is -1.99. The van der Waals surface area contributed by atoms with Gasteiger partial charge in [0.1, 0.15) is 10.8 Å². The molecule has 7 nitrogen and oxygen atoms in total. The fourth-order valence-corrected chi connectivity index (χ4v) is 2.46. The topological polar surface area (TPSA) is 81.4 Å². The summed E-state index contributed by atoms with van der Waals surface area (Å²) in [7, 11) is 3.62. The average Bonchev–Trinajstić information content (AvgIpc) is 2.93. The second kappa shape index (κ2) is 5.88. The Morgan fingerprint density at radius 3 is 2.62 bits per heavy atom. The summed E-state index contributed by atoms with van der Waals surface area (Å²) in [6.45, 7) is 0. The molecule has 0 saturated heterocycles. The van der Waals surface area contributed by atoms with Crippen LogP contribution in [0.3, 0.4) is 0 Å². The van der Waals surface area contributed by atoms with Crippen LogP contribution in [0.5, 0.6) is 0 Å². The zero-order valence-corrected chi connectivity index (χ0v) is 12.4. The van der Waals surface area contributed by atoms with Crippen LogP contribution < -0.4 is 5.32 Å². The lowest BCUT2D eigenvalue weighted by Gasteiger charge is -2.07. The molecule has 0 spiro atoms. The van der Waals surface area contributed by atoms with Crippen molar-refractivity contribution in [3.63, 3.8) is 0 Å². The fourth-order valence-electron chi connectivity index (χ4n) is 1.72. The van der Waals surface area contributed by atoms with Gasteiger partial charge in [-0.15, -0.1) is 5.10 Å². The van der Waals surface area contributed by atoms with Crippen molar-refractivity contribution in [3.8, 4) is 11.4 Å². The fraction of sp³-hybridized carbons (Fsp3) is 0.154. The van der Waals surface area contributed by atoms with Gasteiger partial charge >= 0.3 is 0 Å². The highest BCUT2D eigenvalue weighted by Crippen LogP contribution is 2.27. The molecule has 0 amide bonds. The number of anilines is 1. The van der Waals surface area contributed by atoms with Crippen LogP contribution in [0.4, 0.5) is 5.82 Å². The molecular weight excluding hydrogens is 286 g/mol. The zero-order valence-electron chi connectivity index (χ0n) is 11.6. The zero-order chi connectivity index (χ0) is 14.7. The van der Waals surface area contributed by atoms with Crippen molar-refractivity contribution in [2.75, 3.05) is 12.4 Å². The highest BCUT2D eigenvalue weighted by Gasteiger charge is 2.10. The van der Waals surface area contributed by atoms with Gasteiger partial charge in [0, 0.05) is 25.7 Å². The predicted octanol–water partition coefficient (Wildman–Crippen LogP) is 1.86. The third kappa shape index (κ3) is 3.00. The van der Waals surface area contributed by atoms with Crippen molar-refractivity contribution < 1.29 is 0 Å². The van der Waals surface area contributed by atoms with Crippen LogP contribution in [0.1, 0.15) is 0 Å². The first-order chi connectivity index (χ1) is 10.3. The monoisotopic (exact) mass is 299 g/mol. The molecule has 1 N–H and O–H groups in total. The van der Waals surface area contributed by atoms with E-state index in [1.54, 1.807) is 11.7 Å². The van der Waals surface area contributed by atoms with E-state index in [4.69, 9.17) is 0 Å². The Balaban J connectivity index is 1.99. The first kappa shape index (κ1) is 13.5. The van der Waals surface area contributed by atoms with Gasteiger partial charge in [-0.2, -0.15) is 0 Å². The molecule has 3 aromatic rings. The van der Waals surface area contributed by atoms with Crippen LogP contribution >= 0.6 is 11.8 Å². The number of hydrogen-bond acceptors (Lipinski definition) is 7. The van der Waals surface area contributed by atoms with Crippen LogP contribution in [-0.4, -0.2) is 37.2 Å². The molecule has 21 heavy (non-hydrogen) atoms. The van der Waals surface area contributed by atoms with Gasteiger partial charge in [0.05, 0.1) is 0 Å². The van der Waals surface area contributed by atoms with E-state index in [9.17, 15) is 0 Å². The number of nitrogens with one attached hydrogen (secondary N) is 1. The third-order valence-corrected chi connectivity index (χ3v) is 3.71. The molecule has 0 saturated carbocycles. The Bertz CT molecular complexity index is 741. The number of aromatic nitrogens is 6. The lowest BCUT2D eigenvalue weighted by atomic mass is 10.2. The van der Waals surface area contributed by atoms with E-state index in [1.807, 2.05) is 43.4 Å². The molecule has 3 rings (SSSR count). The minimum absolute atomic E-state index is 0.667. The molecule has 1 aromatic carbocycles. The summed E-state index contributed by atoms with van der Waals surface area (Å²) >= 11 is 1.39. The van der Waals surface area contributed by atoms with Crippen LogP contribution in [-0.2, 0) is 7.05 Å². The standard InChI is InChI=1S/C13H13N7S/c1-14-10-8-11(21-13-17-18-19-20(13)2)16-12(15-10)9-6-4-3-5-7-9/h3-8H,1-2H3,(H,14,15,16). The highest BCUT2D eigenvalue weighted by molar-refractivity contribution is 7.99. The Hall–Kier alpha value is -2.48. The van der Waals surface area contributed by atoms with Gasteiger partial charge < -0.3 is 5.32 Å². The van der Waals surface area contributed by atoms with Crippen molar-refractivity contribution in [1.82, 2.24) is 30.2 Å². The van der Waals surface area contributed by atoms with Crippen molar-refractivity contribution >= 4 is 17.6 Å². The molecule has 2 aromatic heterocycles. The van der Waals surface area contributed by atoms with Gasteiger partial charge in [-0.3, -0.25) is 0 Å². The maximum absolute atomic E-state index is 4.57. The average molecular weight is 299 g/mol. The van der Waals surface area contributed by atoms with E-state index in [2.05, 4.69) is 30.8 Å². The molecule has 0 aliphatic heterocycles. The molecule has 2 heterocycles. The lowest BCUT2D eigenvalue weighted by molar-refractivity contribution is 0.664. The summed E-state index contributed by atoms with van der Waals surface area (Å²) in [5.74, 6) is 1.42. The Morgan fingerprint density at radius 2 is 1.95 bits per heavy atom. The van der Waals surface area contributed by atoms with Gasteiger partial charge in [0.25, 0.3) is 0 Å². The SMILES string of the molecule is CNc1cc(Sc2nnnn2C)nc(-c2ccccc2)n1. The van der Waals surface area contributed by atoms with Gasteiger partial charge in [-0.05, 0) is 22.2 Å². The van der Waals surface area contributed by atoms with Crippen molar-refractivity contribution in [1.29, 1.82) is 0 Å². The van der Waals surface area contributed by atoms with E-state index in [0.717, 1.165) is 16.4 Å². The quantitative estimate of drug-likeness (QED) is 0.736. The van der Waals surface area contributed by atoms with Crippen LogP contribution in [0.15, 0.2) is 46.6 Å². The predicted molar refractivity (Wildman–Crippen MR) is 79.9 cm³/mol. The van der Waals surface area contributed by atoms with Gasteiger partial charge in [0.15, 0.2) is 5.82 Å². The van der Waals surface area contributed by atoms with Gasteiger partial charge in [-0.1, -0.05) is 30.3 Å². The largest absolute Gasteiger partial charge is 0.373 e. The summed E-state index contributed by atoms with van der Waals surface area (Å²) in [5.41, 5.74) is 0.965. The molecule has 0 bridgehead atoms. The molecule has 0 aliphatic carbocycles. The summed E-state index contributed by atoms with van der Waals surface area (Å²) < 4.78 is 1.61. The van der Waals surface area contributed by atoms with Crippen LogP contribution in [0.25, 0.3) is 11.4 Å². The summed E-state index contributed by atoms with van der Waals surface area (Å²) in [6, 6.07) is 11.7. The molecule has 0 unspecified atom stereocenters. The molecule has 106 valence electrons. The Kier molecular flexibility index (Phi) is 3.78. The van der Waals surface area contributed by atoms with Crippen molar-refractivity contribution in [3.05, 3.63) is 36.4 Å². The number of nitrogens with zero attached hydrogens (tertiary/aromatic N) is 6. The molecule has 8 heteroatoms. The summed E-state index contributed by atoms with van der Waals surface area (Å²) in [5, 5.41) is 15.9. The minimum Gasteiger partial charge on any atom is -0.373 e. The normalized spacial score (nSPS) is 10.6. The maximum atomic E-state index is 4.57. The summed E-state index contributed by atoms with van der Waals surface area (Å²) in [4.78, 5) is 9.05. The minimum atomic E-state index is 0.667. The van der Waals surface area contributed by atoms with Crippen LogP contribution in [0, 0.1) is 0 Å². The summed E-state index contributed by atoms with van der Waals surface area (Å²) in [6.07, 6.45) is 0. The number of tetrazole rings is 1. The second-order valence-electron chi connectivity index (χ2n) is 4.22. The van der Waals surface area contributed by atoms with Crippen molar-refractivity contribution in [2.24, 2.45) is 7.05 Å². The van der Waals surface area contributed by atoms with E-state index < -0.39 is 0 Å². The maximum Gasteiger partial charge on any atom is 0.215 e. The van der Waals surface area contributed by atoms with Gasteiger partial charge in [-0.25, -0.2) is 14.6 Å². The third-order valence-electron chi connectivity index (χ3n) is 2.77. The smallest absolute Gasteiger partial charge is 0.215 e. The van der Waals surface area contributed by atoms with Crippen LogP contribution in [0.2, 0.25) is 0 Å². The molecule has 0 radical (unpaired) electrons. The first-order valence-electron chi connectivity index (χ1n) is 6.29. The van der Waals surface area contributed by atoms with E-state index in [0.29, 0.717) is 11.0 Å². The molecular formula is C13H13N7S.